The summed E-state index contributed by atoms with van der Waals surface area (Å²) >= 11 is 0. The molecule has 0 aliphatic carbocycles. The zero-order valence-electron chi connectivity index (χ0n) is 22.9. The molecule has 1 unspecified atom stereocenters. The molecule has 0 N–H and O–H groups in total. The Bertz CT molecular complexity index is 1400. The fraction of sp³-hybridized carbons (Fsp3) is 0.333. The average Bonchev–Trinajstić information content (AvgIpc) is 2.82. The first kappa shape index (κ1) is 24.9. The number of hydrogen-bond donors (Lipinski definition) is 0. The smallest absolute Gasteiger partial charge is 0.202 e. The van der Waals surface area contributed by atoms with Gasteiger partial charge in [-0.3, -0.25) is 0 Å². The molecule has 2 aromatic heterocycles. The molecule has 0 fully saturated rings. The van der Waals surface area contributed by atoms with Crippen LogP contribution in [0.4, 0.5) is 0 Å². The largest absolute Gasteiger partial charge is 0.204 e. The van der Waals surface area contributed by atoms with Crippen molar-refractivity contribution in [1.29, 1.82) is 0 Å². The van der Waals surface area contributed by atoms with Crippen LogP contribution < -0.4 is 9.13 Å². The molecule has 2 heteroatoms. The minimum atomic E-state index is -0.353. The van der Waals surface area contributed by atoms with E-state index in [1.54, 1.807) is 0 Å². The molecule has 0 amide bonds. The highest BCUT2D eigenvalue weighted by Gasteiger charge is 2.46. The zero-order valence-corrected chi connectivity index (χ0v) is 22.9. The van der Waals surface area contributed by atoms with Gasteiger partial charge in [0.1, 0.15) is 14.1 Å². The summed E-state index contributed by atoms with van der Waals surface area (Å²) < 4.78 is 4.60. The van der Waals surface area contributed by atoms with E-state index in [0.29, 0.717) is 5.92 Å². The highest BCUT2D eigenvalue weighted by atomic mass is 15.0. The third-order valence-electron chi connectivity index (χ3n) is 7.70. The van der Waals surface area contributed by atoms with Gasteiger partial charge in [-0.1, -0.05) is 55.8 Å². The quantitative estimate of drug-likeness (QED) is 0.290. The fourth-order valence-corrected chi connectivity index (χ4v) is 5.55. The Hall–Kier alpha value is -3.26. The van der Waals surface area contributed by atoms with Crippen LogP contribution in [0.2, 0.25) is 0 Å². The minimum Gasteiger partial charge on any atom is -0.204 e. The summed E-state index contributed by atoms with van der Waals surface area (Å²) in [5.41, 5.74) is 12.8. The van der Waals surface area contributed by atoms with Crippen LogP contribution in [0.25, 0.3) is 11.1 Å². The van der Waals surface area contributed by atoms with Gasteiger partial charge in [0.25, 0.3) is 0 Å². The number of nitrogens with zero attached hydrogens (tertiary/aromatic N) is 2. The molecule has 2 aromatic carbocycles. The summed E-state index contributed by atoms with van der Waals surface area (Å²) in [4.78, 5) is 0. The SMILES string of the molecule is Cc1cc(-c2ccccc2C)c(C)c(C(C)(c2cc(C)cc[n+]2C)c2cc(C(C)C)cc[n+]2C)c1. The van der Waals surface area contributed by atoms with Gasteiger partial charge < -0.3 is 0 Å². The van der Waals surface area contributed by atoms with Crippen molar-refractivity contribution >= 4 is 0 Å². The maximum atomic E-state index is 2.42. The van der Waals surface area contributed by atoms with E-state index in [9.17, 15) is 0 Å². The molecule has 0 saturated carbocycles. The second-order valence-corrected chi connectivity index (χ2v) is 10.7. The van der Waals surface area contributed by atoms with E-state index in [0.717, 1.165) is 0 Å². The lowest BCUT2D eigenvalue weighted by atomic mass is 9.71. The Balaban J connectivity index is 2.14. The van der Waals surface area contributed by atoms with Gasteiger partial charge in [0.05, 0.1) is 0 Å². The van der Waals surface area contributed by atoms with E-state index in [-0.39, 0.29) is 5.41 Å². The second kappa shape index (κ2) is 9.41. The van der Waals surface area contributed by atoms with E-state index in [4.69, 9.17) is 0 Å². The van der Waals surface area contributed by atoms with Crippen molar-refractivity contribution in [2.24, 2.45) is 14.1 Å². The Morgan fingerprint density at radius 1 is 0.686 bits per heavy atom. The summed E-state index contributed by atoms with van der Waals surface area (Å²) in [6.07, 6.45) is 4.43. The van der Waals surface area contributed by atoms with Crippen LogP contribution in [-0.4, -0.2) is 0 Å². The number of hydrogen-bond acceptors (Lipinski definition) is 0. The molecule has 0 spiro atoms. The Morgan fingerprint density at radius 3 is 1.97 bits per heavy atom. The van der Waals surface area contributed by atoms with Crippen LogP contribution in [0, 0.1) is 27.7 Å². The van der Waals surface area contributed by atoms with Gasteiger partial charge in [-0.2, -0.15) is 0 Å². The molecule has 0 saturated heterocycles. The number of aromatic nitrogens is 2. The summed E-state index contributed by atoms with van der Waals surface area (Å²) in [5.74, 6) is 0.464. The Kier molecular flexibility index (Phi) is 6.68. The summed E-state index contributed by atoms with van der Waals surface area (Å²) in [5, 5.41) is 0. The normalized spacial score (nSPS) is 13.2. The molecular formula is C33H40N2+2. The molecule has 35 heavy (non-hydrogen) atoms. The first-order chi connectivity index (χ1) is 16.5. The summed E-state index contributed by atoms with van der Waals surface area (Å²) in [6, 6.07) is 22.7. The van der Waals surface area contributed by atoms with Crippen molar-refractivity contribution < 1.29 is 9.13 Å². The summed E-state index contributed by atoms with van der Waals surface area (Å²) in [6.45, 7) is 15.9. The van der Waals surface area contributed by atoms with E-state index in [2.05, 4.69) is 145 Å². The molecule has 0 aliphatic heterocycles. The van der Waals surface area contributed by atoms with Crippen molar-refractivity contribution in [3.05, 3.63) is 118 Å². The van der Waals surface area contributed by atoms with Gasteiger partial charge in [0.2, 0.25) is 11.4 Å². The lowest BCUT2D eigenvalue weighted by Gasteiger charge is -2.29. The van der Waals surface area contributed by atoms with E-state index in [1.165, 1.54) is 55.9 Å². The number of benzene rings is 2. The van der Waals surface area contributed by atoms with E-state index >= 15 is 0 Å². The second-order valence-electron chi connectivity index (χ2n) is 10.7. The lowest BCUT2D eigenvalue weighted by molar-refractivity contribution is -0.696. The van der Waals surface area contributed by atoms with Crippen LogP contribution in [0.5, 0.6) is 0 Å². The fourth-order valence-electron chi connectivity index (χ4n) is 5.55. The zero-order chi connectivity index (χ0) is 25.5. The molecule has 0 aliphatic rings. The van der Waals surface area contributed by atoms with Gasteiger partial charge in [-0.05, 0) is 79.5 Å². The molecule has 2 nitrogen and oxygen atoms in total. The monoisotopic (exact) mass is 464 g/mol. The van der Waals surface area contributed by atoms with Crippen molar-refractivity contribution in [2.75, 3.05) is 0 Å². The highest BCUT2D eigenvalue weighted by Crippen LogP contribution is 2.42. The van der Waals surface area contributed by atoms with Crippen molar-refractivity contribution in [3.8, 4) is 11.1 Å². The van der Waals surface area contributed by atoms with Crippen LogP contribution >= 0.6 is 0 Å². The standard InChI is InChI=1S/C33H40N2/c1-22(2)27-15-17-35(9)32(21-27)33(7,31-20-23(3)14-16-34(31)8)30-19-24(4)18-29(26(30)6)28-13-11-10-12-25(28)5/h10-22H,1-9H3/q+2. The molecule has 180 valence electrons. The first-order valence-corrected chi connectivity index (χ1v) is 12.7. The van der Waals surface area contributed by atoms with Crippen LogP contribution in [0.1, 0.15) is 71.5 Å². The van der Waals surface area contributed by atoms with E-state index in [1.807, 2.05) is 0 Å². The maximum absolute atomic E-state index is 2.42. The molecule has 4 aromatic rings. The average molecular weight is 465 g/mol. The lowest BCUT2D eigenvalue weighted by Crippen LogP contribution is -2.50. The third kappa shape index (κ3) is 4.43. The minimum absolute atomic E-state index is 0.353. The highest BCUT2D eigenvalue weighted by molar-refractivity contribution is 5.73. The molecule has 2 heterocycles. The number of pyridine rings is 2. The molecule has 1 atom stereocenters. The van der Waals surface area contributed by atoms with Crippen molar-refractivity contribution in [3.63, 3.8) is 0 Å². The predicted molar refractivity (Wildman–Crippen MR) is 146 cm³/mol. The maximum Gasteiger partial charge on any atom is 0.202 e. The number of rotatable bonds is 5. The molecule has 4 rings (SSSR count). The Labute approximate surface area is 211 Å². The Morgan fingerprint density at radius 2 is 1.31 bits per heavy atom. The molecule has 0 radical (unpaired) electrons. The van der Waals surface area contributed by atoms with Crippen LogP contribution in [0.3, 0.4) is 0 Å². The van der Waals surface area contributed by atoms with Crippen LogP contribution in [0.15, 0.2) is 73.1 Å². The van der Waals surface area contributed by atoms with Gasteiger partial charge in [-0.25, -0.2) is 9.13 Å². The van der Waals surface area contributed by atoms with Crippen molar-refractivity contribution in [1.82, 2.24) is 0 Å². The third-order valence-corrected chi connectivity index (χ3v) is 7.70. The summed E-state index contributed by atoms with van der Waals surface area (Å²) in [7, 11) is 4.35. The van der Waals surface area contributed by atoms with Gasteiger partial charge in [0.15, 0.2) is 17.8 Å². The van der Waals surface area contributed by atoms with Gasteiger partial charge in [-0.15, -0.1) is 0 Å². The van der Waals surface area contributed by atoms with Crippen LogP contribution in [-0.2, 0) is 19.5 Å². The molecular weight excluding hydrogens is 424 g/mol. The first-order valence-electron chi connectivity index (χ1n) is 12.7. The van der Waals surface area contributed by atoms with E-state index < -0.39 is 0 Å². The molecule has 0 bridgehead atoms. The predicted octanol–water partition coefficient (Wildman–Crippen LogP) is 6.71. The number of aryl methyl sites for hydroxylation is 5. The topological polar surface area (TPSA) is 7.76 Å². The van der Waals surface area contributed by atoms with Gasteiger partial charge >= 0.3 is 0 Å². The van der Waals surface area contributed by atoms with Gasteiger partial charge in [0, 0.05) is 24.3 Å². The van der Waals surface area contributed by atoms with Crippen molar-refractivity contribution in [2.45, 2.75) is 59.8 Å².